The van der Waals surface area contributed by atoms with Crippen LogP contribution in [0, 0.1) is 23.5 Å². The predicted molar refractivity (Wildman–Crippen MR) is 83.7 cm³/mol. The molecule has 0 aromatic heterocycles. The molecule has 1 aliphatic carbocycles. The molecule has 1 saturated heterocycles. The summed E-state index contributed by atoms with van der Waals surface area (Å²) >= 11 is 0. The maximum Gasteiger partial charge on any atom is 0.329 e. The second kappa shape index (κ2) is 6.09. The summed E-state index contributed by atoms with van der Waals surface area (Å²) in [5, 5.41) is 11.9. The van der Waals surface area contributed by atoms with E-state index in [4.69, 9.17) is 0 Å². The topological polar surface area (TPSA) is 86.7 Å². The molecular formula is C17H18F2N2O4. The highest BCUT2D eigenvalue weighted by atomic mass is 19.1. The summed E-state index contributed by atoms with van der Waals surface area (Å²) in [6.45, 7) is 1.38. The Morgan fingerprint density at radius 1 is 1.32 bits per heavy atom. The summed E-state index contributed by atoms with van der Waals surface area (Å²) in [5.74, 6) is -4.68. The number of anilines is 1. The number of carboxylic acid groups (broad SMARTS) is 1. The van der Waals surface area contributed by atoms with Gasteiger partial charge in [-0.25, -0.2) is 13.6 Å². The third-order valence-corrected chi connectivity index (χ3v) is 4.92. The van der Waals surface area contributed by atoms with Crippen LogP contribution < -0.4 is 10.2 Å². The zero-order chi connectivity index (χ0) is 18.4. The summed E-state index contributed by atoms with van der Waals surface area (Å²) in [7, 11) is 0. The molecule has 1 aromatic rings. The maximum absolute atomic E-state index is 13.9. The average Bonchev–Trinajstić information content (AvgIpc) is 3.31. The molecule has 1 aliphatic heterocycles. The normalized spacial score (nSPS) is 22.6. The summed E-state index contributed by atoms with van der Waals surface area (Å²) < 4.78 is 26.9. The molecule has 0 spiro atoms. The van der Waals surface area contributed by atoms with E-state index in [9.17, 15) is 28.3 Å². The first-order valence-electron chi connectivity index (χ1n) is 8.03. The van der Waals surface area contributed by atoms with Crippen molar-refractivity contribution in [2.45, 2.75) is 31.7 Å². The molecule has 1 saturated carbocycles. The average molecular weight is 352 g/mol. The van der Waals surface area contributed by atoms with Gasteiger partial charge in [0.25, 0.3) is 0 Å². The molecule has 2 amide bonds. The Morgan fingerprint density at radius 3 is 2.56 bits per heavy atom. The van der Waals surface area contributed by atoms with Crippen LogP contribution in [0.1, 0.15) is 26.2 Å². The number of carboxylic acids is 1. The minimum atomic E-state index is -1.37. The lowest BCUT2D eigenvalue weighted by Crippen LogP contribution is -2.55. The van der Waals surface area contributed by atoms with Gasteiger partial charge in [-0.05, 0) is 37.8 Å². The fraction of sp³-hybridized carbons (Fsp3) is 0.471. The van der Waals surface area contributed by atoms with Gasteiger partial charge in [-0.1, -0.05) is 0 Å². The van der Waals surface area contributed by atoms with Crippen molar-refractivity contribution in [2.75, 3.05) is 11.4 Å². The van der Waals surface area contributed by atoms with Crippen molar-refractivity contribution in [3.05, 3.63) is 29.8 Å². The Labute approximate surface area is 142 Å². The minimum Gasteiger partial charge on any atom is -0.480 e. The first-order chi connectivity index (χ1) is 11.7. The number of benzene rings is 1. The fourth-order valence-corrected chi connectivity index (χ4v) is 3.17. The standard InChI is InChI=1S/C17H18F2N2O4/c1-17(16(24)25,10-2-3-10)20-15(23)9-6-14(22)21(8-9)13-5-4-11(18)7-12(13)19/h4-5,7,9-10H,2-3,6,8H2,1H3,(H,20,23)(H,24,25)/t9-,17-/m0/s1. The van der Waals surface area contributed by atoms with Gasteiger partial charge in [0.15, 0.2) is 0 Å². The number of rotatable bonds is 5. The van der Waals surface area contributed by atoms with E-state index >= 15 is 0 Å². The van der Waals surface area contributed by atoms with Crippen LogP contribution in [0.3, 0.4) is 0 Å². The molecule has 1 heterocycles. The number of carbonyl (C=O) groups is 3. The van der Waals surface area contributed by atoms with E-state index in [-0.39, 0.29) is 24.6 Å². The van der Waals surface area contributed by atoms with Gasteiger partial charge in [0, 0.05) is 19.0 Å². The van der Waals surface area contributed by atoms with E-state index in [0.717, 1.165) is 29.9 Å². The Balaban J connectivity index is 1.73. The molecule has 2 N–H and O–H groups in total. The second-order valence-electron chi connectivity index (χ2n) is 6.77. The summed E-state index contributed by atoms with van der Waals surface area (Å²) in [4.78, 5) is 37.2. The first-order valence-corrected chi connectivity index (χ1v) is 8.03. The van der Waals surface area contributed by atoms with Gasteiger partial charge >= 0.3 is 5.97 Å². The molecular weight excluding hydrogens is 334 g/mol. The smallest absolute Gasteiger partial charge is 0.329 e. The first kappa shape index (κ1) is 17.3. The van der Waals surface area contributed by atoms with Crippen LogP contribution in [0.15, 0.2) is 18.2 Å². The SMILES string of the molecule is C[C@@](NC(=O)[C@H]1CC(=O)N(c2ccc(F)cc2F)C1)(C(=O)O)C1CC1. The molecule has 0 bridgehead atoms. The maximum atomic E-state index is 13.9. The number of hydrogen-bond donors (Lipinski definition) is 2. The summed E-state index contributed by atoms with van der Waals surface area (Å²) in [6, 6.07) is 2.85. The van der Waals surface area contributed by atoms with Crippen molar-refractivity contribution in [3.63, 3.8) is 0 Å². The Kier molecular flexibility index (Phi) is 4.22. The van der Waals surface area contributed by atoms with Gasteiger partial charge in [-0.3, -0.25) is 9.59 Å². The molecule has 1 aromatic carbocycles. The molecule has 0 unspecified atom stereocenters. The minimum absolute atomic E-state index is 0.0758. The monoisotopic (exact) mass is 352 g/mol. The summed E-state index contributed by atoms with van der Waals surface area (Å²) in [6.07, 6.45) is 1.29. The van der Waals surface area contributed by atoms with Crippen LogP contribution in [-0.4, -0.2) is 35.0 Å². The molecule has 6 nitrogen and oxygen atoms in total. The molecule has 0 radical (unpaired) electrons. The largest absolute Gasteiger partial charge is 0.480 e. The Morgan fingerprint density at radius 2 is 2.00 bits per heavy atom. The summed E-state index contributed by atoms with van der Waals surface area (Å²) in [5.41, 5.74) is -1.46. The number of nitrogens with zero attached hydrogens (tertiary/aromatic N) is 1. The van der Waals surface area contributed by atoms with E-state index in [0.29, 0.717) is 6.07 Å². The van der Waals surface area contributed by atoms with Crippen molar-refractivity contribution < 1.29 is 28.3 Å². The van der Waals surface area contributed by atoms with Crippen LogP contribution in [-0.2, 0) is 14.4 Å². The Bertz CT molecular complexity index is 750. The van der Waals surface area contributed by atoms with Gasteiger partial charge in [0.1, 0.15) is 17.2 Å². The number of halogens is 2. The van der Waals surface area contributed by atoms with Gasteiger partial charge in [0.2, 0.25) is 11.8 Å². The van der Waals surface area contributed by atoms with Crippen molar-refractivity contribution in [1.29, 1.82) is 0 Å². The van der Waals surface area contributed by atoms with Crippen LogP contribution in [0.4, 0.5) is 14.5 Å². The van der Waals surface area contributed by atoms with E-state index in [1.165, 1.54) is 6.92 Å². The van der Waals surface area contributed by atoms with Gasteiger partial charge < -0.3 is 15.3 Å². The fourth-order valence-electron chi connectivity index (χ4n) is 3.17. The van der Waals surface area contributed by atoms with Crippen molar-refractivity contribution in [3.8, 4) is 0 Å². The molecule has 134 valence electrons. The number of carbonyl (C=O) groups excluding carboxylic acids is 2. The lowest BCUT2D eigenvalue weighted by molar-refractivity contribution is -0.148. The molecule has 2 fully saturated rings. The zero-order valence-corrected chi connectivity index (χ0v) is 13.6. The molecule has 3 rings (SSSR count). The van der Waals surface area contributed by atoms with Gasteiger partial charge in [-0.2, -0.15) is 0 Å². The number of aliphatic carboxylic acids is 1. The van der Waals surface area contributed by atoms with Crippen molar-refractivity contribution in [2.24, 2.45) is 11.8 Å². The highest BCUT2D eigenvalue weighted by molar-refractivity contribution is 6.01. The lowest BCUT2D eigenvalue weighted by Gasteiger charge is -2.27. The van der Waals surface area contributed by atoms with Crippen LogP contribution in [0.25, 0.3) is 0 Å². The van der Waals surface area contributed by atoms with Crippen LogP contribution in [0.5, 0.6) is 0 Å². The third kappa shape index (κ3) is 3.20. The van der Waals surface area contributed by atoms with Gasteiger partial charge in [-0.15, -0.1) is 0 Å². The molecule has 25 heavy (non-hydrogen) atoms. The van der Waals surface area contributed by atoms with E-state index in [1.807, 2.05) is 0 Å². The molecule has 8 heteroatoms. The zero-order valence-electron chi connectivity index (χ0n) is 13.6. The lowest BCUT2D eigenvalue weighted by atomic mass is 9.94. The van der Waals surface area contributed by atoms with Crippen LogP contribution >= 0.6 is 0 Å². The third-order valence-electron chi connectivity index (χ3n) is 4.92. The highest BCUT2D eigenvalue weighted by Crippen LogP contribution is 2.40. The van der Waals surface area contributed by atoms with E-state index in [2.05, 4.69) is 5.32 Å². The highest BCUT2D eigenvalue weighted by Gasteiger charge is 2.50. The van der Waals surface area contributed by atoms with Crippen molar-refractivity contribution >= 4 is 23.5 Å². The van der Waals surface area contributed by atoms with E-state index in [1.54, 1.807) is 0 Å². The molecule has 2 atom stereocenters. The second-order valence-corrected chi connectivity index (χ2v) is 6.77. The van der Waals surface area contributed by atoms with Gasteiger partial charge in [0.05, 0.1) is 11.6 Å². The number of amides is 2. The van der Waals surface area contributed by atoms with E-state index < -0.39 is 40.9 Å². The molecule has 2 aliphatic rings. The van der Waals surface area contributed by atoms with Crippen molar-refractivity contribution in [1.82, 2.24) is 5.32 Å². The Hall–Kier alpha value is -2.51. The number of nitrogens with one attached hydrogen (secondary N) is 1. The number of hydrogen-bond acceptors (Lipinski definition) is 3. The quantitative estimate of drug-likeness (QED) is 0.844. The van der Waals surface area contributed by atoms with Crippen LogP contribution in [0.2, 0.25) is 0 Å². The predicted octanol–water partition coefficient (Wildman–Crippen LogP) is 1.69.